The van der Waals surface area contributed by atoms with Gasteiger partial charge in [-0.1, -0.05) is 12.8 Å². The van der Waals surface area contributed by atoms with Crippen LogP contribution in [0.3, 0.4) is 0 Å². The van der Waals surface area contributed by atoms with Crippen LogP contribution in [0.2, 0.25) is 0 Å². The zero-order chi connectivity index (χ0) is 4.83. The summed E-state index contributed by atoms with van der Waals surface area (Å²) in [6.45, 7) is 2.50. The van der Waals surface area contributed by atoms with E-state index in [1.807, 2.05) is 6.92 Å². The van der Waals surface area contributed by atoms with Crippen molar-refractivity contribution in [2.24, 2.45) is 5.73 Å². The Morgan fingerprint density at radius 1 is 1.43 bits per heavy atom. The van der Waals surface area contributed by atoms with Gasteiger partial charge in [0.2, 0.25) is 0 Å². The van der Waals surface area contributed by atoms with Crippen LogP contribution in [0.25, 0.3) is 0 Å². The summed E-state index contributed by atoms with van der Waals surface area (Å²) in [6.07, 6.45) is 0.914. The fraction of sp³-hybridized carbons (Fsp3) is 0.600. The first-order valence-corrected chi connectivity index (χ1v) is 2.07. The highest BCUT2D eigenvalue weighted by atomic mass is 14.5. The van der Waals surface area contributed by atoms with Gasteiger partial charge >= 0.3 is 0 Å². The van der Waals surface area contributed by atoms with Crippen molar-refractivity contribution < 1.29 is 0 Å². The smallest absolute Gasteiger partial charge is 0.0551 e. The lowest BCUT2D eigenvalue weighted by Crippen LogP contribution is -1.92. The molecule has 2 nitrogen and oxygen atoms in total. The van der Waals surface area contributed by atoms with E-state index < -0.39 is 0 Å². The first kappa shape index (κ1) is 9.70. The fourth-order valence-electron chi connectivity index (χ4n) is 0.197. The van der Waals surface area contributed by atoms with Gasteiger partial charge in [0.1, 0.15) is 0 Å². The van der Waals surface area contributed by atoms with Gasteiger partial charge in [0, 0.05) is 6.42 Å². The van der Waals surface area contributed by atoms with Crippen molar-refractivity contribution in [3.63, 3.8) is 0 Å². The number of nitrogens with two attached hydrogens (primary N) is 1. The predicted molar refractivity (Wildman–Crippen MR) is 32.1 cm³/mol. The molecule has 0 aromatic rings. The van der Waals surface area contributed by atoms with Crippen LogP contribution in [0.15, 0.2) is 0 Å². The lowest BCUT2D eigenvalue weighted by molar-refractivity contribution is 1.25. The average Bonchev–Trinajstić information content (AvgIpc) is 1.61. The molecule has 0 aromatic heterocycles. The molecule has 0 aliphatic rings. The summed E-state index contributed by atoms with van der Waals surface area (Å²) in [5.74, 6) is 5.55. The van der Waals surface area contributed by atoms with Crippen molar-refractivity contribution in [1.29, 1.82) is 0 Å². The Bertz CT molecular complexity index is 59.9. The maximum Gasteiger partial charge on any atom is 0.0551 e. The van der Waals surface area contributed by atoms with Gasteiger partial charge in [0.15, 0.2) is 0 Å². The highest BCUT2D eigenvalue weighted by molar-refractivity contribution is 4.98. The Morgan fingerprint density at radius 2 is 2.00 bits per heavy atom. The van der Waals surface area contributed by atoms with E-state index in [2.05, 4.69) is 11.8 Å². The molecule has 42 valence electrons. The molecule has 0 amide bonds. The molecule has 0 saturated heterocycles. The molecule has 0 atom stereocenters. The minimum Gasteiger partial charge on any atom is -0.344 e. The van der Waals surface area contributed by atoms with E-state index in [1.165, 1.54) is 0 Å². The van der Waals surface area contributed by atoms with Crippen LogP contribution < -0.4 is 11.9 Å². The van der Waals surface area contributed by atoms with E-state index in [1.54, 1.807) is 0 Å². The van der Waals surface area contributed by atoms with Gasteiger partial charge in [-0.3, -0.25) is 0 Å². The third-order valence-corrected chi connectivity index (χ3v) is 0.404. The molecule has 0 unspecified atom stereocenters. The molecule has 0 bridgehead atoms. The fourth-order valence-corrected chi connectivity index (χ4v) is 0.197. The normalized spacial score (nSPS) is 5.43. The van der Waals surface area contributed by atoms with Gasteiger partial charge in [-0.2, -0.15) is 0 Å². The monoisotopic (exact) mass is 100 g/mol. The molecular formula is C5H12N2. The molecule has 0 saturated carbocycles. The molecule has 5 N–H and O–H groups in total. The maximum absolute atomic E-state index is 5.04. The second-order valence-corrected chi connectivity index (χ2v) is 0.911. The summed E-state index contributed by atoms with van der Waals surface area (Å²) < 4.78 is 0. The van der Waals surface area contributed by atoms with Gasteiger partial charge in [0.25, 0.3) is 0 Å². The molecule has 0 fully saturated rings. The Morgan fingerprint density at radius 3 is 2.14 bits per heavy atom. The predicted octanol–water partition coefficient (Wildman–Crippen LogP) is 0.520. The Kier molecular flexibility index (Phi) is 12.6. The van der Waals surface area contributed by atoms with E-state index in [0.29, 0.717) is 6.54 Å². The second-order valence-electron chi connectivity index (χ2n) is 0.911. The van der Waals surface area contributed by atoms with E-state index in [-0.39, 0.29) is 6.15 Å². The molecule has 0 aliphatic heterocycles. The van der Waals surface area contributed by atoms with Crippen LogP contribution in [0, 0.1) is 11.8 Å². The standard InChI is InChI=1S/C5H9N.H3N/c1-2-3-4-5-6;/h2,5-6H2,1H3;1H3. The van der Waals surface area contributed by atoms with E-state index in [4.69, 9.17) is 5.73 Å². The summed E-state index contributed by atoms with van der Waals surface area (Å²) in [6, 6.07) is 0. The van der Waals surface area contributed by atoms with Crippen LogP contribution >= 0.6 is 0 Å². The molecule has 7 heavy (non-hydrogen) atoms. The van der Waals surface area contributed by atoms with Crippen LogP contribution in [0.5, 0.6) is 0 Å². The Balaban J connectivity index is 0. The molecule has 0 aromatic carbocycles. The van der Waals surface area contributed by atoms with Crippen molar-refractivity contribution in [3.05, 3.63) is 0 Å². The van der Waals surface area contributed by atoms with Gasteiger partial charge in [-0.05, 0) is 0 Å². The summed E-state index contributed by atoms with van der Waals surface area (Å²) in [4.78, 5) is 0. The SMILES string of the molecule is CCC#CCN.N. The molecule has 0 aliphatic carbocycles. The molecule has 0 rings (SSSR count). The minimum absolute atomic E-state index is 0. The van der Waals surface area contributed by atoms with Crippen molar-refractivity contribution in [3.8, 4) is 11.8 Å². The van der Waals surface area contributed by atoms with Crippen LogP contribution in [-0.4, -0.2) is 6.54 Å². The van der Waals surface area contributed by atoms with E-state index in [9.17, 15) is 0 Å². The quantitative estimate of drug-likeness (QED) is 0.436. The van der Waals surface area contributed by atoms with Crippen molar-refractivity contribution >= 4 is 0 Å². The molecule has 0 heterocycles. The highest BCUT2D eigenvalue weighted by Crippen LogP contribution is 1.62. The lowest BCUT2D eigenvalue weighted by atomic mass is 10.5. The third kappa shape index (κ3) is 10.8. The molecular weight excluding hydrogens is 88.1 g/mol. The number of rotatable bonds is 0. The summed E-state index contributed by atoms with van der Waals surface area (Å²) in [7, 11) is 0. The molecule has 2 heteroatoms. The van der Waals surface area contributed by atoms with Gasteiger partial charge in [0.05, 0.1) is 6.54 Å². The van der Waals surface area contributed by atoms with E-state index in [0.717, 1.165) is 6.42 Å². The third-order valence-electron chi connectivity index (χ3n) is 0.404. The minimum atomic E-state index is 0. The molecule has 0 spiro atoms. The van der Waals surface area contributed by atoms with Crippen molar-refractivity contribution in [1.82, 2.24) is 6.15 Å². The Hall–Kier alpha value is -0.520. The maximum atomic E-state index is 5.04. The summed E-state index contributed by atoms with van der Waals surface area (Å²) in [5.41, 5.74) is 5.04. The highest BCUT2D eigenvalue weighted by Gasteiger charge is 1.55. The van der Waals surface area contributed by atoms with Crippen LogP contribution in [0.1, 0.15) is 13.3 Å². The second kappa shape index (κ2) is 9.08. The average molecular weight is 100 g/mol. The summed E-state index contributed by atoms with van der Waals surface area (Å²) >= 11 is 0. The zero-order valence-corrected chi connectivity index (χ0v) is 4.70. The Labute approximate surface area is 44.7 Å². The zero-order valence-electron chi connectivity index (χ0n) is 4.70. The first-order chi connectivity index (χ1) is 2.91. The number of hydrogen-bond acceptors (Lipinski definition) is 2. The van der Waals surface area contributed by atoms with Crippen LogP contribution in [0.4, 0.5) is 0 Å². The number of hydrogen-bond donors (Lipinski definition) is 2. The largest absolute Gasteiger partial charge is 0.344 e. The van der Waals surface area contributed by atoms with Gasteiger partial charge in [-0.25, -0.2) is 0 Å². The van der Waals surface area contributed by atoms with Gasteiger partial charge < -0.3 is 11.9 Å². The van der Waals surface area contributed by atoms with Gasteiger partial charge in [-0.15, -0.1) is 5.92 Å². The van der Waals surface area contributed by atoms with E-state index >= 15 is 0 Å². The molecule has 0 radical (unpaired) electrons. The first-order valence-electron chi connectivity index (χ1n) is 2.07. The topological polar surface area (TPSA) is 61.0 Å². The summed E-state index contributed by atoms with van der Waals surface area (Å²) in [5, 5.41) is 0. The van der Waals surface area contributed by atoms with Crippen LogP contribution in [-0.2, 0) is 0 Å². The lowest BCUT2D eigenvalue weighted by Gasteiger charge is -1.66. The van der Waals surface area contributed by atoms with Crippen molar-refractivity contribution in [2.75, 3.05) is 6.54 Å². The van der Waals surface area contributed by atoms with Crippen molar-refractivity contribution in [2.45, 2.75) is 13.3 Å².